The predicted molar refractivity (Wildman–Crippen MR) is 67.7 cm³/mol. The van der Waals surface area contributed by atoms with Crippen molar-refractivity contribution in [2.45, 2.75) is 27.7 Å². The van der Waals surface area contributed by atoms with Crippen LogP contribution < -0.4 is 0 Å². The van der Waals surface area contributed by atoms with E-state index in [2.05, 4.69) is 16.7 Å². The van der Waals surface area contributed by atoms with E-state index in [4.69, 9.17) is 0 Å². The number of aryl methyl sites for hydroxylation is 1. The van der Waals surface area contributed by atoms with Gasteiger partial charge in [0, 0.05) is 18.0 Å². The Morgan fingerprint density at radius 2 is 2.13 bits per heavy atom. The second-order valence-corrected chi connectivity index (χ2v) is 2.58. The van der Waals surface area contributed by atoms with Crippen LogP contribution in [-0.2, 0) is 0 Å². The molecule has 0 atom stereocenters. The molecule has 0 aromatic carbocycles. The predicted octanol–water partition coefficient (Wildman–Crippen LogP) is 3.60. The van der Waals surface area contributed by atoms with Gasteiger partial charge in [-0.2, -0.15) is 5.10 Å². The molecule has 0 aliphatic heterocycles. The maximum Gasteiger partial charge on any atom is 0.157 e. The van der Waals surface area contributed by atoms with Crippen molar-refractivity contribution in [1.29, 1.82) is 0 Å². The van der Waals surface area contributed by atoms with Crippen molar-refractivity contribution in [1.82, 2.24) is 9.78 Å². The highest BCUT2D eigenvalue weighted by molar-refractivity contribution is 5.74. The third kappa shape index (κ3) is 3.94. The van der Waals surface area contributed by atoms with Crippen LogP contribution in [0.4, 0.5) is 5.82 Å². The second-order valence-electron chi connectivity index (χ2n) is 2.58. The lowest BCUT2D eigenvalue weighted by atomic mass is 10.4. The van der Waals surface area contributed by atoms with Gasteiger partial charge in [-0.05, 0) is 19.9 Å². The molecule has 0 saturated carbocycles. The molecular weight excluding hydrogens is 186 g/mol. The Bertz CT molecular complexity index is 346. The van der Waals surface area contributed by atoms with E-state index < -0.39 is 0 Å². The summed E-state index contributed by atoms with van der Waals surface area (Å²) >= 11 is 0. The molecule has 0 saturated heterocycles. The number of rotatable bonds is 3. The molecule has 0 radical (unpaired) electrons. The average Bonchev–Trinajstić information content (AvgIpc) is 2.63. The van der Waals surface area contributed by atoms with Gasteiger partial charge in [0.05, 0.1) is 6.20 Å². The van der Waals surface area contributed by atoms with Gasteiger partial charge < -0.3 is 0 Å². The molecule has 0 unspecified atom stereocenters. The minimum absolute atomic E-state index is 0.827. The fraction of sp³-hybridized carbons (Fsp3) is 0.333. The molecule has 82 valence electrons. The standard InChI is InChI=1S/C10H13N3.C2H6/c1-4-6-7-11-10-9(3)8-12-13(10)5-2;1-2/h4-8H,2H2,1,3H3;1-2H3/b6-4-,11-7-;. The van der Waals surface area contributed by atoms with E-state index in [0.29, 0.717) is 0 Å². The van der Waals surface area contributed by atoms with Gasteiger partial charge in [0.15, 0.2) is 5.82 Å². The second kappa shape index (κ2) is 7.74. The molecule has 1 heterocycles. The van der Waals surface area contributed by atoms with Crippen LogP contribution in [0.25, 0.3) is 6.20 Å². The van der Waals surface area contributed by atoms with Crippen molar-refractivity contribution in [2.75, 3.05) is 0 Å². The Hall–Kier alpha value is -1.64. The van der Waals surface area contributed by atoms with Crippen LogP contribution in [0.2, 0.25) is 0 Å². The fourth-order valence-electron chi connectivity index (χ4n) is 0.936. The van der Waals surface area contributed by atoms with Gasteiger partial charge in [-0.1, -0.05) is 26.5 Å². The summed E-state index contributed by atoms with van der Waals surface area (Å²) in [5, 5.41) is 4.07. The summed E-state index contributed by atoms with van der Waals surface area (Å²) in [6.07, 6.45) is 8.94. The van der Waals surface area contributed by atoms with Crippen LogP contribution >= 0.6 is 0 Å². The fourth-order valence-corrected chi connectivity index (χ4v) is 0.936. The molecule has 15 heavy (non-hydrogen) atoms. The Balaban J connectivity index is 0.000000921. The highest BCUT2D eigenvalue weighted by Gasteiger charge is 2.00. The molecule has 3 heteroatoms. The first-order valence-corrected chi connectivity index (χ1v) is 5.11. The summed E-state index contributed by atoms with van der Waals surface area (Å²) in [5.74, 6) is 0.827. The number of hydrogen-bond donors (Lipinski definition) is 0. The van der Waals surface area contributed by atoms with E-state index in [1.165, 1.54) is 0 Å². The largest absolute Gasteiger partial charge is 0.237 e. The molecule has 1 aromatic rings. The minimum atomic E-state index is 0.827. The quantitative estimate of drug-likeness (QED) is 0.693. The highest BCUT2D eigenvalue weighted by atomic mass is 15.3. The Labute approximate surface area is 91.8 Å². The minimum Gasteiger partial charge on any atom is -0.237 e. The first-order chi connectivity index (χ1) is 7.29. The van der Waals surface area contributed by atoms with Gasteiger partial charge in [0.25, 0.3) is 0 Å². The van der Waals surface area contributed by atoms with Crippen LogP contribution in [0.3, 0.4) is 0 Å². The molecule has 0 aliphatic rings. The van der Waals surface area contributed by atoms with E-state index in [9.17, 15) is 0 Å². The molecule has 3 nitrogen and oxygen atoms in total. The van der Waals surface area contributed by atoms with Crippen LogP contribution in [0.5, 0.6) is 0 Å². The summed E-state index contributed by atoms with van der Waals surface area (Å²) in [6.45, 7) is 11.6. The monoisotopic (exact) mass is 205 g/mol. The Morgan fingerprint density at radius 3 is 2.67 bits per heavy atom. The zero-order valence-electron chi connectivity index (χ0n) is 9.94. The summed E-state index contributed by atoms with van der Waals surface area (Å²) < 4.78 is 1.65. The molecule has 0 amide bonds. The zero-order chi connectivity index (χ0) is 11.7. The van der Waals surface area contributed by atoms with Crippen molar-refractivity contribution in [3.63, 3.8) is 0 Å². The van der Waals surface area contributed by atoms with Crippen LogP contribution in [0.1, 0.15) is 26.3 Å². The highest BCUT2D eigenvalue weighted by Crippen LogP contribution is 2.16. The maximum atomic E-state index is 4.24. The van der Waals surface area contributed by atoms with Gasteiger partial charge >= 0.3 is 0 Å². The number of aromatic nitrogens is 2. The van der Waals surface area contributed by atoms with Gasteiger partial charge in [0.1, 0.15) is 0 Å². The first-order valence-electron chi connectivity index (χ1n) is 5.11. The zero-order valence-corrected chi connectivity index (χ0v) is 9.94. The van der Waals surface area contributed by atoms with Crippen LogP contribution in [0.15, 0.2) is 29.9 Å². The Morgan fingerprint density at radius 1 is 1.47 bits per heavy atom. The van der Waals surface area contributed by atoms with Crippen molar-refractivity contribution in [3.8, 4) is 0 Å². The topological polar surface area (TPSA) is 30.2 Å². The van der Waals surface area contributed by atoms with Gasteiger partial charge in [-0.3, -0.25) is 0 Å². The van der Waals surface area contributed by atoms with E-state index in [1.807, 2.05) is 39.8 Å². The van der Waals surface area contributed by atoms with Gasteiger partial charge in [-0.15, -0.1) is 0 Å². The Kier molecular flexibility index (Phi) is 6.89. The number of allylic oxidation sites excluding steroid dienone is 2. The lowest BCUT2D eigenvalue weighted by Gasteiger charge is -1.94. The molecule has 0 fully saturated rings. The average molecular weight is 205 g/mol. The first kappa shape index (κ1) is 13.4. The molecular formula is C12H19N3. The van der Waals surface area contributed by atoms with Gasteiger partial charge in [0.2, 0.25) is 0 Å². The smallest absolute Gasteiger partial charge is 0.157 e. The number of aliphatic imine (C=N–C) groups is 1. The number of nitrogens with zero attached hydrogens (tertiary/aromatic N) is 3. The van der Waals surface area contributed by atoms with Crippen LogP contribution in [0, 0.1) is 6.92 Å². The van der Waals surface area contributed by atoms with E-state index >= 15 is 0 Å². The van der Waals surface area contributed by atoms with Crippen molar-refractivity contribution in [2.24, 2.45) is 4.99 Å². The maximum absolute atomic E-state index is 4.24. The third-order valence-corrected chi connectivity index (χ3v) is 1.59. The van der Waals surface area contributed by atoms with Crippen molar-refractivity contribution >= 4 is 18.2 Å². The number of hydrogen-bond acceptors (Lipinski definition) is 2. The normalized spacial score (nSPS) is 10.4. The van der Waals surface area contributed by atoms with Gasteiger partial charge in [-0.25, -0.2) is 9.67 Å². The van der Waals surface area contributed by atoms with E-state index in [0.717, 1.165) is 11.4 Å². The third-order valence-electron chi connectivity index (χ3n) is 1.59. The van der Waals surface area contributed by atoms with Crippen molar-refractivity contribution < 1.29 is 0 Å². The van der Waals surface area contributed by atoms with Crippen molar-refractivity contribution in [3.05, 3.63) is 30.5 Å². The summed E-state index contributed by atoms with van der Waals surface area (Å²) in [7, 11) is 0. The molecule has 1 aromatic heterocycles. The summed E-state index contributed by atoms with van der Waals surface area (Å²) in [5.41, 5.74) is 1.04. The SMILES string of the molecule is C=Cn1ncc(C)c1/N=C\C=C/C.CC. The molecule has 1 rings (SSSR count). The molecule has 0 N–H and O–H groups in total. The molecule has 0 aliphatic carbocycles. The summed E-state index contributed by atoms with van der Waals surface area (Å²) in [4.78, 5) is 4.24. The molecule has 0 bridgehead atoms. The lowest BCUT2D eigenvalue weighted by Crippen LogP contribution is -1.86. The van der Waals surface area contributed by atoms with E-state index in [-0.39, 0.29) is 0 Å². The van der Waals surface area contributed by atoms with E-state index in [1.54, 1.807) is 23.3 Å². The van der Waals surface area contributed by atoms with Crippen LogP contribution in [-0.4, -0.2) is 16.0 Å². The lowest BCUT2D eigenvalue weighted by molar-refractivity contribution is 0.935. The molecule has 0 spiro atoms. The summed E-state index contributed by atoms with van der Waals surface area (Å²) in [6, 6.07) is 0.